The number of ether oxygens (including phenoxy) is 1. The van der Waals surface area contributed by atoms with Crippen molar-refractivity contribution in [2.24, 2.45) is 0 Å². The standard InChI is InChI=1S/C15H27N3O/c1-4-8-13(19-6-3)14(17-10-5-2)12-9-7-11-18-15(12)16/h7,9,11,13-14,17H,4-6,8,10H2,1-3H3,(H2,16,18). The number of nitrogens with one attached hydrogen (secondary N) is 1. The van der Waals surface area contributed by atoms with E-state index in [-0.39, 0.29) is 12.1 Å². The van der Waals surface area contributed by atoms with E-state index < -0.39 is 0 Å². The number of nitrogen functional groups attached to an aromatic ring is 1. The Balaban J connectivity index is 2.94. The van der Waals surface area contributed by atoms with Crippen molar-refractivity contribution < 1.29 is 4.74 Å². The molecule has 0 aliphatic rings. The molecule has 2 unspecified atom stereocenters. The highest BCUT2D eigenvalue weighted by Crippen LogP contribution is 2.26. The third-order valence-electron chi connectivity index (χ3n) is 3.15. The van der Waals surface area contributed by atoms with Crippen molar-refractivity contribution in [2.45, 2.75) is 52.2 Å². The summed E-state index contributed by atoms with van der Waals surface area (Å²) in [5, 5.41) is 3.55. The Hall–Kier alpha value is -1.13. The van der Waals surface area contributed by atoms with Crippen molar-refractivity contribution in [1.29, 1.82) is 0 Å². The van der Waals surface area contributed by atoms with Crippen LogP contribution in [-0.2, 0) is 4.74 Å². The Bertz CT molecular complexity index is 351. The number of hydrogen-bond donors (Lipinski definition) is 2. The smallest absolute Gasteiger partial charge is 0.128 e. The summed E-state index contributed by atoms with van der Waals surface area (Å²) in [5.41, 5.74) is 7.06. The van der Waals surface area contributed by atoms with E-state index in [4.69, 9.17) is 10.5 Å². The molecule has 0 saturated carbocycles. The van der Waals surface area contributed by atoms with E-state index in [1.54, 1.807) is 6.20 Å². The van der Waals surface area contributed by atoms with Crippen molar-refractivity contribution in [3.8, 4) is 0 Å². The highest BCUT2D eigenvalue weighted by Gasteiger charge is 2.24. The molecule has 4 nitrogen and oxygen atoms in total. The minimum absolute atomic E-state index is 0.119. The van der Waals surface area contributed by atoms with E-state index in [0.29, 0.717) is 5.82 Å². The second kappa shape index (κ2) is 8.88. The second-order valence-corrected chi connectivity index (χ2v) is 4.69. The van der Waals surface area contributed by atoms with Gasteiger partial charge in [0.05, 0.1) is 12.1 Å². The zero-order valence-electron chi connectivity index (χ0n) is 12.4. The third kappa shape index (κ3) is 4.80. The van der Waals surface area contributed by atoms with Crippen LogP contribution in [0.5, 0.6) is 0 Å². The van der Waals surface area contributed by atoms with E-state index in [1.807, 2.05) is 19.1 Å². The van der Waals surface area contributed by atoms with Crippen molar-refractivity contribution in [1.82, 2.24) is 10.3 Å². The summed E-state index contributed by atoms with van der Waals surface area (Å²) in [4.78, 5) is 4.19. The monoisotopic (exact) mass is 265 g/mol. The maximum Gasteiger partial charge on any atom is 0.128 e. The minimum Gasteiger partial charge on any atom is -0.383 e. The number of pyridine rings is 1. The number of hydrogen-bond acceptors (Lipinski definition) is 4. The summed E-state index contributed by atoms with van der Waals surface area (Å²) in [6.45, 7) is 8.04. The molecule has 2 atom stereocenters. The van der Waals surface area contributed by atoms with Crippen molar-refractivity contribution >= 4 is 5.82 Å². The SMILES string of the molecule is CCCNC(c1cccnc1N)C(CCC)OCC. The molecule has 0 aliphatic heterocycles. The molecule has 0 radical (unpaired) electrons. The molecular weight excluding hydrogens is 238 g/mol. The Labute approximate surface area is 116 Å². The van der Waals surface area contributed by atoms with E-state index >= 15 is 0 Å². The first kappa shape index (κ1) is 15.9. The predicted octanol–water partition coefficient (Wildman–Crippen LogP) is 2.91. The molecule has 0 amide bonds. The van der Waals surface area contributed by atoms with E-state index in [0.717, 1.165) is 38.0 Å². The van der Waals surface area contributed by atoms with Crippen LogP contribution in [0.25, 0.3) is 0 Å². The molecule has 108 valence electrons. The molecule has 1 heterocycles. The van der Waals surface area contributed by atoms with Gasteiger partial charge in [0.15, 0.2) is 0 Å². The average molecular weight is 265 g/mol. The lowest BCUT2D eigenvalue weighted by Gasteiger charge is -2.28. The fourth-order valence-electron chi connectivity index (χ4n) is 2.28. The topological polar surface area (TPSA) is 60.2 Å². The van der Waals surface area contributed by atoms with E-state index in [2.05, 4.69) is 24.1 Å². The summed E-state index contributed by atoms with van der Waals surface area (Å²) in [7, 11) is 0. The lowest BCUT2D eigenvalue weighted by Crippen LogP contribution is -2.35. The largest absolute Gasteiger partial charge is 0.383 e. The molecule has 0 aliphatic carbocycles. The van der Waals surface area contributed by atoms with Gasteiger partial charge in [-0.3, -0.25) is 0 Å². The van der Waals surface area contributed by atoms with Gasteiger partial charge in [-0.15, -0.1) is 0 Å². The predicted molar refractivity (Wildman–Crippen MR) is 80.0 cm³/mol. The van der Waals surface area contributed by atoms with Crippen LogP contribution >= 0.6 is 0 Å². The maximum atomic E-state index is 6.02. The molecule has 3 N–H and O–H groups in total. The van der Waals surface area contributed by atoms with Crippen LogP contribution in [0.2, 0.25) is 0 Å². The van der Waals surface area contributed by atoms with Crippen LogP contribution in [0.1, 0.15) is 51.6 Å². The van der Waals surface area contributed by atoms with Gasteiger partial charge < -0.3 is 15.8 Å². The number of nitrogens with two attached hydrogens (primary N) is 1. The van der Waals surface area contributed by atoms with Crippen LogP contribution in [-0.4, -0.2) is 24.2 Å². The van der Waals surface area contributed by atoms with Gasteiger partial charge >= 0.3 is 0 Å². The molecule has 1 aromatic rings. The highest BCUT2D eigenvalue weighted by atomic mass is 16.5. The molecule has 1 aromatic heterocycles. The summed E-state index contributed by atoms with van der Waals surface area (Å²) < 4.78 is 5.91. The van der Waals surface area contributed by atoms with Gasteiger partial charge in [0.2, 0.25) is 0 Å². The zero-order valence-corrected chi connectivity index (χ0v) is 12.4. The summed E-state index contributed by atoms with van der Waals surface area (Å²) in [6, 6.07) is 4.09. The Morgan fingerprint density at radius 1 is 1.32 bits per heavy atom. The van der Waals surface area contributed by atoms with E-state index in [9.17, 15) is 0 Å². The molecule has 4 heteroatoms. The molecule has 0 bridgehead atoms. The van der Waals surface area contributed by atoms with Crippen LogP contribution in [0.3, 0.4) is 0 Å². The molecular formula is C15H27N3O. The molecule has 0 saturated heterocycles. The van der Waals surface area contributed by atoms with Gasteiger partial charge in [0.25, 0.3) is 0 Å². The number of anilines is 1. The Kier molecular flexibility index (Phi) is 7.45. The molecule has 0 spiro atoms. The van der Waals surface area contributed by atoms with Gasteiger partial charge in [0.1, 0.15) is 5.82 Å². The molecule has 1 rings (SSSR count). The van der Waals surface area contributed by atoms with Gasteiger partial charge in [-0.25, -0.2) is 4.98 Å². The summed E-state index contributed by atoms with van der Waals surface area (Å²) in [6.07, 6.45) is 5.07. The highest BCUT2D eigenvalue weighted by molar-refractivity contribution is 5.41. The summed E-state index contributed by atoms with van der Waals surface area (Å²) in [5.74, 6) is 0.594. The fraction of sp³-hybridized carbons (Fsp3) is 0.667. The van der Waals surface area contributed by atoms with E-state index in [1.165, 1.54) is 0 Å². The Morgan fingerprint density at radius 2 is 2.11 bits per heavy atom. The minimum atomic E-state index is 0.119. The van der Waals surface area contributed by atoms with Gasteiger partial charge in [-0.1, -0.05) is 26.3 Å². The van der Waals surface area contributed by atoms with Gasteiger partial charge in [-0.05, 0) is 32.4 Å². The fourth-order valence-corrected chi connectivity index (χ4v) is 2.28. The maximum absolute atomic E-state index is 6.02. The number of aromatic nitrogens is 1. The molecule has 0 fully saturated rings. The normalized spacial score (nSPS) is 14.3. The average Bonchev–Trinajstić information content (AvgIpc) is 2.41. The van der Waals surface area contributed by atoms with Crippen LogP contribution in [0.4, 0.5) is 5.82 Å². The summed E-state index contributed by atoms with van der Waals surface area (Å²) >= 11 is 0. The Morgan fingerprint density at radius 3 is 2.68 bits per heavy atom. The zero-order chi connectivity index (χ0) is 14.1. The van der Waals surface area contributed by atoms with Crippen molar-refractivity contribution in [2.75, 3.05) is 18.9 Å². The van der Waals surface area contributed by atoms with Crippen molar-refractivity contribution in [3.63, 3.8) is 0 Å². The van der Waals surface area contributed by atoms with Crippen molar-refractivity contribution in [3.05, 3.63) is 23.9 Å². The first-order valence-corrected chi connectivity index (χ1v) is 7.29. The second-order valence-electron chi connectivity index (χ2n) is 4.69. The van der Waals surface area contributed by atoms with Crippen LogP contribution in [0.15, 0.2) is 18.3 Å². The molecule has 19 heavy (non-hydrogen) atoms. The number of nitrogens with zero attached hydrogens (tertiary/aromatic N) is 1. The number of rotatable bonds is 9. The third-order valence-corrected chi connectivity index (χ3v) is 3.15. The van der Waals surface area contributed by atoms with Crippen LogP contribution in [0, 0.1) is 0 Å². The van der Waals surface area contributed by atoms with Crippen LogP contribution < -0.4 is 11.1 Å². The lowest BCUT2D eigenvalue weighted by molar-refractivity contribution is 0.0277. The first-order valence-electron chi connectivity index (χ1n) is 7.29. The molecule has 0 aromatic carbocycles. The lowest BCUT2D eigenvalue weighted by atomic mass is 9.98. The van der Waals surface area contributed by atoms with Gasteiger partial charge in [0, 0.05) is 18.4 Å². The van der Waals surface area contributed by atoms with Gasteiger partial charge in [-0.2, -0.15) is 0 Å². The first-order chi connectivity index (χ1) is 9.24. The quantitative estimate of drug-likeness (QED) is 0.720.